The Kier molecular flexibility index (Phi) is 13.6. The number of nitrogens with zero attached hydrogens (tertiary/aromatic N) is 3. The lowest BCUT2D eigenvalue weighted by Gasteiger charge is -2.30. The van der Waals surface area contributed by atoms with Gasteiger partial charge in [-0.1, -0.05) is 31.4 Å². The number of hydrogen-bond acceptors (Lipinski definition) is 7. The first-order valence-corrected chi connectivity index (χ1v) is 11.5. The molecule has 1 saturated carbocycles. The lowest BCUT2D eigenvalue weighted by Crippen LogP contribution is -2.40. The van der Waals surface area contributed by atoms with Crippen LogP contribution < -0.4 is 21.8 Å². The number of rotatable bonds is 10. The molecule has 196 valence electrons. The molecule has 0 spiro atoms. The SMILES string of the molecule is CCCONC(N)=N[C@@H]1CCCC[C@@H]1Nc1nc(C(=O)NCCOC)nc2ccc(C)cc12.Cl.Cl. The maximum atomic E-state index is 12.6. The lowest BCUT2D eigenvalue weighted by atomic mass is 9.90. The number of methoxy groups -OCH3 is 1. The molecule has 2 aromatic rings. The molecule has 12 heteroatoms. The van der Waals surface area contributed by atoms with E-state index in [-0.39, 0.29) is 54.6 Å². The van der Waals surface area contributed by atoms with Gasteiger partial charge in [-0.2, -0.15) is 0 Å². The van der Waals surface area contributed by atoms with Crippen molar-refractivity contribution in [1.29, 1.82) is 0 Å². The van der Waals surface area contributed by atoms with Gasteiger partial charge in [0, 0.05) is 19.0 Å². The van der Waals surface area contributed by atoms with Gasteiger partial charge in [0.05, 0.1) is 30.8 Å². The van der Waals surface area contributed by atoms with Crippen LogP contribution in [0.4, 0.5) is 5.82 Å². The van der Waals surface area contributed by atoms with Gasteiger partial charge in [-0.3, -0.25) is 9.63 Å². The van der Waals surface area contributed by atoms with Crippen LogP contribution in [0.1, 0.15) is 55.2 Å². The van der Waals surface area contributed by atoms with Gasteiger partial charge in [-0.25, -0.2) is 20.4 Å². The summed E-state index contributed by atoms with van der Waals surface area (Å²) in [5, 5.41) is 7.21. The Bertz CT molecular complexity index is 978. The first-order valence-electron chi connectivity index (χ1n) is 11.5. The molecule has 10 nitrogen and oxygen atoms in total. The summed E-state index contributed by atoms with van der Waals surface area (Å²) < 4.78 is 5.01. The number of carbonyl (C=O) groups excluding carboxylic acids is 1. The third kappa shape index (κ3) is 8.96. The van der Waals surface area contributed by atoms with Crippen molar-refractivity contribution in [3.05, 3.63) is 29.6 Å². The highest BCUT2D eigenvalue weighted by Gasteiger charge is 2.26. The lowest BCUT2D eigenvalue weighted by molar-refractivity contribution is 0.0842. The highest BCUT2D eigenvalue weighted by molar-refractivity contribution is 5.96. The zero-order chi connectivity index (χ0) is 23.6. The second-order valence-corrected chi connectivity index (χ2v) is 8.23. The number of aryl methyl sites for hydroxylation is 1. The number of nitrogens with two attached hydrogens (primary N) is 1. The first kappa shape index (κ1) is 30.6. The number of fused-ring (bicyclic) bond motifs is 1. The van der Waals surface area contributed by atoms with E-state index in [4.69, 9.17) is 15.3 Å². The van der Waals surface area contributed by atoms with Crippen LogP contribution in [0.5, 0.6) is 0 Å². The number of hydroxylamine groups is 1. The number of benzene rings is 1. The average Bonchev–Trinajstić information content (AvgIpc) is 2.80. The smallest absolute Gasteiger partial charge is 0.289 e. The van der Waals surface area contributed by atoms with E-state index in [1.54, 1.807) is 7.11 Å². The van der Waals surface area contributed by atoms with Crippen LogP contribution in [-0.4, -0.2) is 60.8 Å². The zero-order valence-corrected chi connectivity index (χ0v) is 22.1. The Morgan fingerprint density at radius 3 is 2.71 bits per heavy atom. The van der Waals surface area contributed by atoms with E-state index in [9.17, 15) is 4.79 Å². The third-order valence-corrected chi connectivity index (χ3v) is 5.49. The number of hydrogen-bond donors (Lipinski definition) is 4. The molecular formula is C23H37Cl2N7O3. The molecule has 0 bridgehead atoms. The summed E-state index contributed by atoms with van der Waals surface area (Å²) in [5.41, 5.74) is 10.5. The zero-order valence-electron chi connectivity index (χ0n) is 20.5. The van der Waals surface area contributed by atoms with Gasteiger partial charge in [-0.15, -0.1) is 24.8 Å². The van der Waals surface area contributed by atoms with Crippen LogP contribution in [0.15, 0.2) is 23.2 Å². The number of nitrogens with one attached hydrogen (secondary N) is 3. The summed E-state index contributed by atoms with van der Waals surface area (Å²) in [5.74, 6) is 0.678. The number of halogens is 2. The fraction of sp³-hybridized carbons (Fsp3) is 0.565. The predicted molar refractivity (Wildman–Crippen MR) is 144 cm³/mol. The van der Waals surface area contributed by atoms with Crippen molar-refractivity contribution in [2.75, 3.05) is 32.2 Å². The van der Waals surface area contributed by atoms with Gasteiger partial charge in [0.15, 0.2) is 0 Å². The van der Waals surface area contributed by atoms with Gasteiger partial charge < -0.3 is 21.1 Å². The quantitative estimate of drug-likeness (QED) is 0.159. The standard InChI is InChI=1S/C23H35N7O3.2ClH/c1-4-12-33-30-23(24)28-19-8-6-5-7-18(19)27-20-16-14-15(2)9-10-17(16)26-21(29-20)22(31)25-11-13-32-3;;/h9-10,14,18-19H,4-8,11-13H2,1-3H3,(H,25,31)(H3,24,28,30)(H,26,27,29);2*1H/t18-,19+;;/m0../s1. The number of anilines is 1. The van der Waals surface area contributed by atoms with E-state index in [0.29, 0.717) is 31.1 Å². The summed E-state index contributed by atoms with van der Waals surface area (Å²) in [6.07, 6.45) is 4.86. The van der Waals surface area contributed by atoms with Crippen LogP contribution in [0, 0.1) is 6.92 Å². The molecule has 1 aliphatic carbocycles. The van der Waals surface area contributed by atoms with Crippen molar-refractivity contribution in [2.45, 2.75) is 58.0 Å². The van der Waals surface area contributed by atoms with Crippen molar-refractivity contribution < 1.29 is 14.4 Å². The van der Waals surface area contributed by atoms with Gasteiger partial charge in [0.2, 0.25) is 11.8 Å². The molecule has 1 aliphatic rings. The molecule has 1 heterocycles. The van der Waals surface area contributed by atoms with E-state index >= 15 is 0 Å². The van der Waals surface area contributed by atoms with Crippen LogP contribution >= 0.6 is 24.8 Å². The van der Waals surface area contributed by atoms with E-state index in [1.165, 1.54) is 0 Å². The van der Waals surface area contributed by atoms with Crippen molar-refractivity contribution in [2.24, 2.45) is 10.7 Å². The van der Waals surface area contributed by atoms with E-state index in [1.807, 2.05) is 32.0 Å². The van der Waals surface area contributed by atoms with Crippen molar-refractivity contribution in [3.63, 3.8) is 0 Å². The summed E-state index contributed by atoms with van der Waals surface area (Å²) in [6, 6.07) is 5.90. The maximum Gasteiger partial charge on any atom is 0.289 e. The van der Waals surface area contributed by atoms with Gasteiger partial charge in [-0.05, 0) is 38.3 Å². The molecule has 0 unspecified atom stereocenters. The second-order valence-electron chi connectivity index (χ2n) is 8.23. The largest absolute Gasteiger partial charge is 0.383 e. The van der Waals surface area contributed by atoms with Crippen LogP contribution in [0.25, 0.3) is 10.9 Å². The third-order valence-electron chi connectivity index (χ3n) is 5.49. The van der Waals surface area contributed by atoms with Crippen molar-refractivity contribution in [1.82, 2.24) is 20.8 Å². The Morgan fingerprint density at radius 1 is 1.20 bits per heavy atom. The summed E-state index contributed by atoms with van der Waals surface area (Å²) in [7, 11) is 1.59. The Labute approximate surface area is 219 Å². The van der Waals surface area contributed by atoms with E-state index in [0.717, 1.165) is 43.1 Å². The van der Waals surface area contributed by atoms with Crippen LogP contribution in [0.3, 0.4) is 0 Å². The monoisotopic (exact) mass is 529 g/mol. The van der Waals surface area contributed by atoms with Crippen LogP contribution in [0.2, 0.25) is 0 Å². The Hall–Kier alpha value is -2.40. The summed E-state index contributed by atoms with van der Waals surface area (Å²) >= 11 is 0. The molecule has 1 fully saturated rings. The number of carbonyl (C=O) groups is 1. The Balaban J connectivity index is 0.00000306. The normalized spacial score (nSPS) is 17.7. The molecule has 0 aliphatic heterocycles. The number of aromatic nitrogens is 2. The van der Waals surface area contributed by atoms with E-state index < -0.39 is 0 Å². The van der Waals surface area contributed by atoms with Crippen LogP contribution in [-0.2, 0) is 9.57 Å². The van der Waals surface area contributed by atoms with Crippen molar-refractivity contribution in [3.8, 4) is 0 Å². The fourth-order valence-electron chi connectivity index (χ4n) is 3.84. The topological polar surface area (TPSA) is 136 Å². The minimum atomic E-state index is -0.336. The minimum absolute atomic E-state index is 0. The minimum Gasteiger partial charge on any atom is -0.383 e. The molecule has 1 aromatic heterocycles. The van der Waals surface area contributed by atoms with Crippen molar-refractivity contribution >= 4 is 53.4 Å². The predicted octanol–water partition coefficient (Wildman–Crippen LogP) is 3.13. The molecule has 0 radical (unpaired) electrons. The molecule has 1 aromatic carbocycles. The molecule has 5 N–H and O–H groups in total. The van der Waals surface area contributed by atoms with Gasteiger partial charge in [0.1, 0.15) is 5.82 Å². The highest BCUT2D eigenvalue weighted by Crippen LogP contribution is 2.28. The average molecular weight is 531 g/mol. The fourth-order valence-corrected chi connectivity index (χ4v) is 3.84. The molecule has 2 atom stereocenters. The Morgan fingerprint density at radius 2 is 1.97 bits per heavy atom. The highest BCUT2D eigenvalue weighted by atomic mass is 35.5. The molecule has 1 amide bonds. The first-order chi connectivity index (χ1) is 16.0. The molecular weight excluding hydrogens is 493 g/mol. The van der Waals surface area contributed by atoms with E-state index in [2.05, 4.69) is 31.1 Å². The second kappa shape index (κ2) is 15.6. The maximum absolute atomic E-state index is 12.6. The number of amides is 1. The summed E-state index contributed by atoms with van der Waals surface area (Å²) in [6.45, 7) is 5.41. The molecule has 3 rings (SSSR count). The molecule has 35 heavy (non-hydrogen) atoms. The van der Waals surface area contributed by atoms with Gasteiger partial charge in [0.25, 0.3) is 5.91 Å². The number of aliphatic imine (C=N–C) groups is 1. The summed E-state index contributed by atoms with van der Waals surface area (Å²) in [4.78, 5) is 31.6. The van der Waals surface area contributed by atoms with Gasteiger partial charge >= 0.3 is 0 Å². The number of ether oxygens (including phenoxy) is 1. The molecule has 0 saturated heterocycles. The number of guanidine groups is 1.